The molecule has 0 saturated carbocycles. The summed E-state index contributed by atoms with van der Waals surface area (Å²) in [5.41, 5.74) is -1.41. The number of hydrogen-bond donors (Lipinski definition) is 0. The first-order chi connectivity index (χ1) is 9.46. The van der Waals surface area contributed by atoms with Crippen LogP contribution in [0, 0.1) is 0 Å². The normalized spacial score (nSPS) is 11.4. The number of rotatable bonds is 7. The average Bonchev–Trinajstić information content (AvgIpc) is 2.41. The van der Waals surface area contributed by atoms with Gasteiger partial charge in [-0.3, -0.25) is 0 Å². The molecule has 1 rings (SSSR count). The van der Waals surface area contributed by atoms with Crippen molar-refractivity contribution in [2.75, 3.05) is 12.5 Å². The Hall–Kier alpha value is -1.23. The van der Waals surface area contributed by atoms with Gasteiger partial charge in [0, 0.05) is 5.88 Å². The lowest BCUT2D eigenvalue weighted by Crippen LogP contribution is -2.15. The molecule has 0 aliphatic heterocycles. The number of carbonyl (C=O) groups is 1. The van der Waals surface area contributed by atoms with E-state index in [-0.39, 0.29) is 6.61 Å². The van der Waals surface area contributed by atoms with Crippen LogP contribution in [0.25, 0.3) is 0 Å². The van der Waals surface area contributed by atoms with Crippen LogP contribution in [0.2, 0.25) is 0 Å². The molecule has 6 heteroatoms. The van der Waals surface area contributed by atoms with Gasteiger partial charge in [-0.15, -0.1) is 11.6 Å². The molecule has 0 amide bonds. The number of halogens is 4. The van der Waals surface area contributed by atoms with Gasteiger partial charge in [0.1, 0.15) is 0 Å². The minimum absolute atomic E-state index is 0.118. The third kappa shape index (κ3) is 5.41. The number of unbranched alkanes of at least 4 members (excludes halogenated alkanes) is 3. The highest BCUT2D eigenvalue weighted by Gasteiger charge is 2.35. The van der Waals surface area contributed by atoms with Crippen LogP contribution in [-0.4, -0.2) is 18.5 Å². The van der Waals surface area contributed by atoms with E-state index in [0.29, 0.717) is 12.3 Å². The molecule has 0 aliphatic carbocycles. The molecular weight excluding hydrogens is 293 g/mol. The molecule has 0 atom stereocenters. The molecule has 1 aromatic rings. The van der Waals surface area contributed by atoms with Gasteiger partial charge >= 0.3 is 12.1 Å². The van der Waals surface area contributed by atoms with Crippen LogP contribution in [0.5, 0.6) is 0 Å². The Kier molecular flexibility index (Phi) is 6.85. The van der Waals surface area contributed by atoms with Crippen LogP contribution < -0.4 is 0 Å². The first-order valence-corrected chi connectivity index (χ1v) is 6.89. The fraction of sp³-hybridized carbons (Fsp3) is 0.500. The van der Waals surface area contributed by atoms with Gasteiger partial charge in [0.05, 0.1) is 17.7 Å². The molecule has 0 heterocycles. The molecule has 20 heavy (non-hydrogen) atoms. The Balaban J connectivity index is 2.52. The van der Waals surface area contributed by atoms with Gasteiger partial charge in [0.2, 0.25) is 0 Å². The summed E-state index contributed by atoms with van der Waals surface area (Å²) in [6, 6.07) is 4.62. The number of hydrogen-bond acceptors (Lipinski definition) is 2. The number of alkyl halides is 4. The van der Waals surface area contributed by atoms with E-state index in [9.17, 15) is 18.0 Å². The van der Waals surface area contributed by atoms with E-state index in [1.807, 2.05) is 0 Å². The Morgan fingerprint density at radius 3 is 2.40 bits per heavy atom. The molecule has 0 bridgehead atoms. The number of benzene rings is 1. The zero-order chi connectivity index (χ0) is 15.0. The lowest BCUT2D eigenvalue weighted by molar-refractivity contribution is -0.138. The van der Waals surface area contributed by atoms with Gasteiger partial charge < -0.3 is 4.74 Å². The summed E-state index contributed by atoms with van der Waals surface area (Å²) >= 11 is 5.51. The molecule has 0 aromatic heterocycles. The summed E-state index contributed by atoms with van der Waals surface area (Å²) in [5.74, 6) is -0.353. The molecule has 112 valence electrons. The second-order valence-electron chi connectivity index (χ2n) is 4.28. The van der Waals surface area contributed by atoms with E-state index in [1.165, 1.54) is 12.1 Å². The minimum atomic E-state index is -4.56. The summed E-state index contributed by atoms with van der Waals surface area (Å²) in [6.07, 6.45) is -1.31. The highest BCUT2D eigenvalue weighted by molar-refractivity contribution is 6.17. The third-order valence-electron chi connectivity index (χ3n) is 2.71. The summed E-state index contributed by atoms with van der Waals surface area (Å²) < 4.78 is 43.0. The van der Waals surface area contributed by atoms with Gasteiger partial charge in [-0.25, -0.2) is 4.79 Å². The predicted octanol–water partition coefficient (Wildman–Crippen LogP) is 4.66. The van der Waals surface area contributed by atoms with Crippen LogP contribution in [0.1, 0.15) is 41.6 Å². The summed E-state index contributed by atoms with van der Waals surface area (Å²) in [5, 5.41) is 0. The Labute approximate surface area is 120 Å². The quantitative estimate of drug-likeness (QED) is 0.416. The largest absolute Gasteiger partial charge is 0.462 e. The van der Waals surface area contributed by atoms with E-state index < -0.39 is 23.3 Å². The fourth-order valence-corrected chi connectivity index (χ4v) is 1.89. The zero-order valence-electron chi connectivity index (χ0n) is 10.9. The van der Waals surface area contributed by atoms with Crippen LogP contribution in [0.15, 0.2) is 24.3 Å². The molecule has 0 N–H and O–H groups in total. The van der Waals surface area contributed by atoms with Crippen molar-refractivity contribution in [1.82, 2.24) is 0 Å². The van der Waals surface area contributed by atoms with Crippen molar-refractivity contribution < 1.29 is 22.7 Å². The maximum absolute atomic E-state index is 12.7. The molecule has 0 spiro atoms. The maximum Gasteiger partial charge on any atom is 0.417 e. The van der Waals surface area contributed by atoms with Gasteiger partial charge in [-0.2, -0.15) is 13.2 Å². The number of esters is 1. The van der Waals surface area contributed by atoms with Gasteiger partial charge in [-0.05, 0) is 25.0 Å². The SMILES string of the molecule is O=C(OCCCCCCCl)c1ccccc1C(F)(F)F. The summed E-state index contributed by atoms with van der Waals surface area (Å²) in [4.78, 5) is 11.7. The van der Waals surface area contributed by atoms with Crippen molar-refractivity contribution in [3.05, 3.63) is 35.4 Å². The topological polar surface area (TPSA) is 26.3 Å². The van der Waals surface area contributed by atoms with E-state index in [0.717, 1.165) is 31.4 Å². The number of ether oxygens (including phenoxy) is 1. The summed E-state index contributed by atoms with van der Waals surface area (Å²) in [7, 11) is 0. The molecule has 2 nitrogen and oxygen atoms in total. The molecular formula is C14H16ClF3O2. The minimum Gasteiger partial charge on any atom is -0.462 e. The standard InChI is InChI=1S/C14H16ClF3O2/c15-9-5-1-2-6-10-20-13(19)11-7-3-4-8-12(11)14(16,17)18/h3-4,7-8H,1-2,5-6,9-10H2. The second kappa shape index (κ2) is 8.15. The van der Waals surface area contributed by atoms with Crippen LogP contribution in [-0.2, 0) is 10.9 Å². The average molecular weight is 309 g/mol. The molecule has 0 radical (unpaired) electrons. The van der Waals surface area contributed by atoms with Gasteiger partial charge in [0.15, 0.2) is 0 Å². The summed E-state index contributed by atoms with van der Waals surface area (Å²) in [6.45, 7) is 0.118. The molecule has 0 saturated heterocycles. The monoisotopic (exact) mass is 308 g/mol. The Morgan fingerprint density at radius 1 is 1.10 bits per heavy atom. The Morgan fingerprint density at radius 2 is 1.75 bits per heavy atom. The first-order valence-electron chi connectivity index (χ1n) is 6.36. The van der Waals surface area contributed by atoms with Crippen molar-refractivity contribution >= 4 is 17.6 Å². The van der Waals surface area contributed by atoms with E-state index in [2.05, 4.69) is 0 Å². The van der Waals surface area contributed by atoms with Crippen molar-refractivity contribution in [1.29, 1.82) is 0 Å². The van der Waals surface area contributed by atoms with Gasteiger partial charge in [-0.1, -0.05) is 25.0 Å². The fourth-order valence-electron chi connectivity index (χ4n) is 1.70. The third-order valence-corrected chi connectivity index (χ3v) is 2.98. The van der Waals surface area contributed by atoms with Crippen molar-refractivity contribution in [2.24, 2.45) is 0 Å². The van der Waals surface area contributed by atoms with E-state index in [1.54, 1.807) is 0 Å². The van der Waals surface area contributed by atoms with E-state index in [4.69, 9.17) is 16.3 Å². The second-order valence-corrected chi connectivity index (χ2v) is 4.66. The number of carbonyl (C=O) groups excluding carboxylic acids is 1. The van der Waals surface area contributed by atoms with Crippen molar-refractivity contribution in [3.63, 3.8) is 0 Å². The molecule has 1 aromatic carbocycles. The Bertz CT molecular complexity index is 433. The van der Waals surface area contributed by atoms with E-state index >= 15 is 0 Å². The molecule has 0 unspecified atom stereocenters. The molecule has 0 fully saturated rings. The lowest BCUT2D eigenvalue weighted by Gasteiger charge is -2.12. The predicted molar refractivity (Wildman–Crippen MR) is 70.9 cm³/mol. The first kappa shape index (κ1) is 16.8. The maximum atomic E-state index is 12.7. The van der Waals surface area contributed by atoms with Crippen LogP contribution >= 0.6 is 11.6 Å². The van der Waals surface area contributed by atoms with Crippen LogP contribution in [0.3, 0.4) is 0 Å². The van der Waals surface area contributed by atoms with Crippen molar-refractivity contribution in [2.45, 2.75) is 31.9 Å². The highest BCUT2D eigenvalue weighted by Crippen LogP contribution is 2.32. The highest BCUT2D eigenvalue weighted by atomic mass is 35.5. The van der Waals surface area contributed by atoms with Gasteiger partial charge in [0.25, 0.3) is 0 Å². The van der Waals surface area contributed by atoms with Crippen molar-refractivity contribution in [3.8, 4) is 0 Å². The lowest BCUT2D eigenvalue weighted by atomic mass is 10.1. The van der Waals surface area contributed by atoms with Crippen LogP contribution in [0.4, 0.5) is 13.2 Å². The zero-order valence-corrected chi connectivity index (χ0v) is 11.6. The smallest absolute Gasteiger partial charge is 0.417 e. The molecule has 0 aliphatic rings.